The highest BCUT2D eigenvalue weighted by molar-refractivity contribution is 7.92. The molecule has 0 aromatic heterocycles. The molecule has 152 valence electrons. The molecule has 0 saturated heterocycles. The molecule has 0 amide bonds. The van der Waals surface area contributed by atoms with Crippen LogP contribution in [-0.4, -0.2) is 13.3 Å². The maximum atomic E-state index is 13.4. The second-order valence-electron chi connectivity index (χ2n) is 6.14. The van der Waals surface area contributed by atoms with Gasteiger partial charge in [0, 0.05) is 6.07 Å². The number of rotatable bonds is 6. The molecule has 7 nitrogen and oxygen atoms in total. The molecule has 0 N–H and O–H groups in total. The summed E-state index contributed by atoms with van der Waals surface area (Å²) in [5, 5.41) is 20.2. The molecule has 0 atom stereocenters. The summed E-state index contributed by atoms with van der Waals surface area (Å²) in [7, 11) is -4.24. The molecule has 30 heavy (non-hydrogen) atoms. The molecule has 3 aromatic rings. The molecule has 0 radical (unpaired) electrons. The third-order valence-corrected chi connectivity index (χ3v) is 6.63. The number of hydrogen-bond acceptors (Lipinski definition) is 5. The highest BCUT2D eigenvalue weighted by Gasteiger charge is 2.29. The molecule has 3 aromatic carbocycles. The van der Waals surface area contributed by atoms with Crippen molar-refractivity contribution in [2.24, 2.45) is 0 Å². The topological polar surface area (TPSA) is 104 Å². The van der Waals surface area contributed by atoms with E-state index in [1.165, 1.54) is 18.2 Å². The van der Waals surface area contributed by atoms with Crippen LogP contribution in [0.1, 0.15) is 11.1 Å². The van der Waals surface area contributed by atoms with Gasteiger partial charge >= 0.3 is 0 Å². The number of nitro benzene ring substituents is 1. The van der Waals surface area contributed by atoms with Gasteiger partial charge in [0.05, 0.1) is 38.7 Å². The summed E-state index contributed by atoms with van der Waals surface area (Å²) in [6, 6.07) is 18.0. The molecule has 0 spiro atoms. The number of nitriles is 1. The summed E-state index contributed by atoms with van der Waals surface area (Å²) in [5.41, 5.74) is 0.719. The summed E-state index contributed by atoms with van der Waals surface area (Å²) in [6.45, 7) is -0.103. The summed E-state index contributed by atoms with van der Waals surface area (Å²) >= 11 is 12.1. The molecule has 0 heterocycles. The monoisotopic (exact) mass is 461 g/mol. The van der Waals surface area contributed by atoms with Gasteiger partial charge in [0.1, 0.15) is 5.02 Å². The fourth-order valence-corrected chi connectivity index (χ4v) is 4.69. The van der Waals surface area contributed by atoms with Crippen LogP contribution in [0.3, 0.4) is 0 Å². The average Bonchev–Trinajstić information content (AvgIpc) is 2.73. The minimum atomic E-state index is -4.24. The van der Waals surface area contributed by atoms with Crippen LogP contribution in [0.2, 0.25) is 10.0 Å². The first-order valence-corrected chi connectivity index (χ1v) is 10.6. The van der Waals surface area contributed by atoms with E-state index in [9.17, 15) is 18.5 Å². The first kappa shape index (κ1) is 21.6. The number of sulfonamides is 1. The second-order valence-corrected chi connectivity index (χ2v) is 8.82. The third kappa shape index (κ3) is 4.39. The Morgan fingerprint density at radius 2 is 1.67 bits per heavy atom. The van der Waals surface area contributed by atoms with Gasteiger partial charge < -0.3 is 0 Å². The average molecular weight is 462 g/mol. The van der Waals surface area contributed by atoms with Crippen LogP contribution < -0.4 is 4.31 Å². The van der Waals surface area contributed by atoms with E-state index < -0.39 is 20.6 Å². The van der Waals surface area contributed by atoms with Gasteiger partial charge in [-0.15, -0.1) is 0 Å². The van der Waals surface area contributed by atoms with Gasteiger partial charge in [0.2, 0.25) is 0 Å². The lowest BCUT2D eigenvalue weighted by atomic mass is 10.1. The number of benzene rings is 3. The molecule has 0 bridgehead atoms. The molecule has 0 saturated carbocycles. The molecule has 10 heteroatoms. The molecule has 0 aliphatic rings. The Morgan fingerprint density at radius 1 is 1.00 bits per heavy atom. The van der Waals surface area contributed by atoms with Gasteiger partial charge in [0.15, 0.2) is 0 Å². The lowest BCUT2D eigenvalue weighted by Gasteiger charge is -2.25. The zero-order valence-electron chi connectivity index (χ0n) is 15.2. The van der Waals surface area contributed by atoms with Crippen LogP contribution in [-0.2, 0) is 16.6 Å². The molecular weight excluding hydrogens is 449 g/mol. The Morgan fingerprint density at radius 3 is 2.27 bits per heavy atom. The van der Waals surface area contributed by atoms with Crippen molar-refractivity contribution in [3.05, 3.63) is 98.0 Å². The summed E-state index contributed by atoms with van der Waals surface area (Å²) in [6.07, 6.45) is 0. The zero-order chi connectivity index (χ0) is 21.9. The van der Waals surface area contributed by atoms with E-state index in [1.807, 2.05) is 6.07 Å². The van der Waals surface area contributed by atoms with Crippen molar-refractivity contribution in [2.75, 3.05) is 4.31 Å². The number of nitro groups is 1. The van der Waals surface area contributed by atoms with Crippen LogP contribution in [0.15, 0.2) is 71.6 Å². The maximum Gasteiger partial charge on any atom is 0.289 e. The first-order chi connectivity index (χ1) is 14.2. The number of para-hydroxylation sites is 1. The Bertz CT molecular complexity index is 1260. The quantitative estimate of drug-likeness (QED) is 0.371. The van der Waals surface area contributed by atoms with Crippen LogP contribution >= 0.6 is 23.2 Å². The molecule has 0 aliphatic heterocycles. The highest BCUT2D eigenvalue weighted by atomic mass is 35.5. The van der Waals surface area contributed by atoms with Crippen LogP contribution in [0.4, 0.5) is 11.4 Å². The van der Waals surface area contributed by atoms with E-state index in [0.717, 1.165) is 10.4 Å². The molecular formula is C20H13Cl2N3O4S. The fourth-order valence-electron chi connectivity index (χ4n) is 2.72. The predicted octanol–water partition coefficient (Wildman–Crippen LogP) is 5.17. The smallest absolute Gasteiger partial charge is 0.260 e. The molecule has 0 aliphatic carbocycles. The summed E-state index contributed by atoms with van der Waals surface area (Å²) in [5.74, 6) is 0. The Hall–Kier alpha value is -3.12. The Labute approximate surface area is 182 Å². The predicted molar refractivity (Wildman–Crippen MR) is 114 cm³/mol. The largest absolute Gasteiger partial charge is 0.289 e. The van der Waals surface area contributed by atoms with Crippen LogP contribution in [0.5, 0.6) is 0 Å². The second kappa shape index (κ2) is 8.71. The lowest BCUT2D eigenvalue weighted by Crippen LogP contribution is -2.31. The van der Waals surface area contributed by atoms with Crippen molar-refractivity contribution in [2.45, 2.75) is 11.4 Å². The number of hydrogen-bond donors (Lipinski definition) is 0. The van der Waals surface area contributed by atoms with E-state index >= 15 is 0 Å². The van der Waals surface area contributed by atoms with E-state index in [4.69, 9.17) is 28.5 Å². The minimum Gasteiger partial charge on any atom is -0.260 e. The van der Waals surface area contributed by atoms with E-state index in [2.05, 4.69) is 0 Å². The van der Waals surface area contributed by atoms with Gasteiger partial charge in [-0.3, -0.25) is 14.4 Å². The van der Waals surface area contributed by atoms with Crippen molar-refractivity contribution < 1.29 is 13.3 Å². The zero-order valence-corrected chi connectivity index (χ0v) is 17.5. The highest BCUT2D eigenvalue weighted by Crippen LogP contribution is 2.34. The molecule has 0 fully saturated rings. The standard InChI is InChI=1S/C20H13Cl2N3O4S/c21-17-3-1-2-4-19(17)24(13-15-7-5-14(12-23)6-8-15)30(28,29)16-9-10-18(22)20(11-16)25(26)27/h1-11H,13H2. The lowest BCUT2D eigenvalue weighted by molar-refractivity contribution is -0.384. The maximum absolute atomic E-state index is 13.4. The molecule has 3 rings (SSSR count). The van der Waals surface area contributed by atoms with Gasteiger partial charge in [-0.1, -0.05) is 47.5 Å². The van der Waals surface area contributed by atoms with Gasteiger partial charge in [-0.2, -0.15) is 5.26 Å². The summed E-state index contributed by atoms with van der Waals surface area (Å²) in [4.78, 5) is 10.2. The number of nitrogens with zero attached hydrogens (tertiary/aromatic N) is 3. The normalized spacial score (nSPS) is 11.0. The van der Waals surface area contributed by atoms with E-state index in [1.54, 1.807) is 42.5 Å². The van der Waals surface area contributed by atoms with Crippen molar-refractivity contribution >= 4 is 44.6 Å². The van der Waals surface area contributed by atoms with E-state index in [-0.39, 0.29) is 27.2 Å². The SMILES string of the molecule is N#Cc1ccc(CN(c2ccccc2Cl)S(=O)(=O)c2ccc(Cl)c([N+](=O)[O-])c2)cc1. The van der Waals surface area contributed by atoms with Crippen molar-refractivity contribution in [1.82, 2.24) is 0 Å². The third-order valence-electron chi connectivity index (χ3n) is 4.23. The number of anilines is 1. The van der Waals surface area contributed by atoms with Crippen LogP contribution in [0, 0.1) is 21.4 Å². The summed E-state index contributed by atoms with van der Waals surface area (Å²) < 4.78 is 28.0. The Kier molecular flexibility index (Phi) is 6.27. The Balaban J connectivity index is 2.13. The van der Waals surface area contributed by atoms with Gasteiger partial charge in [0.25, 0.3) is 15.7 Å². The minimum absolute atomic E-state index is 0.103. The number of halogens is 2. The molecule has 0 unspecified atom stereocenters. The van der Waals surface area contributed by atoms with Crippen molar-refractivity contribution in [3.63, 3.8) is 0 Å². The first-order valence-electron chi connectivity index (χ1n) is 8.44. The van der Waals surface area contributed by atoms with Gasteiger partial charge in [-0.05, 0) is 42.0 Å². The van der Waals surface area contributed by atoms with Crippen LogP contribution in [0.25, 0.3) is 0 Å². The van der Waals surface area contributed by atoms with Crippen molar-refractivity contribution in [3.8, 4) is 6.07 Å². The van der Waals surface area contributed by atoms with E-state index in [0.29, 0.717) is 11.1 Å². The van der Waals surface area contributed by atoms with Gasteiger partial charge in [-0.25, -0.2) is 8.42 Å². The fraction of sp³-hybridized carbons (Fsp3) is 0.0500. The van der Waals surface area contributed by atoms with Crippen molar-refractivity contribution in [1.29, 1.82) is 5.26 Å².